The standard InChI is InChI=1S/C9H17N/c1-9(2)6-3-4-7(9)8(10)5-6/h6-8H,3-5,10H2,1-2H3/t6-,7+,8+/m1/s1. The number of nitrogens with two attached hydrogens (primary N) is 1. The van der Waals surface area contributed by atoms with Gasteiger partial charge in [-0.1, -0.05) is 13.8 Å². The molecule has 10 heavy (non-hydrogen) atoms. The van der Waals surface area contributed by atoms with Gasteiger partial charge in [0.25, 0.3) is 0 Å². The van der Waals surface area contributed by atoms with Crippen LogP contribution in [0.5, 0.6) is 0 Å². The number of fused-ring (bicyclic) bond motifs is 2. The Bertz CT molecular complexity index is 151. The second-order valence-electron chi connectivity index (χ2n) is 4.60. The minimum Gasteiger partial charge on any atom is -0.327 e. The van der Waals surface area contributed by atoms with Gasteiger partial charge in [-0.15, -0.1) is 0 Å². The summed E-state index contributed by atoms with van der Waals surface area (Å²) in [6.45, 7) is 4.78. The van der Waals surface area contributed by atoms with Gasteiger partial charge in [0.05, 0.1) is 0 Å². The Morgan fingerprint density at radius 2 is 2.00 bits per heavy atom. The Morgan fingerprint density at radius 1 is 1.30 bits per heavy atom. The molecular formula is C9H17N. The minimum absolute atomic E-state index is 0.522. The van der Waals surface area contributed by atoms with Crippen LogP contribution >= 0.6 is 0 Å². The summed E-state index contributed by atoms with van der Waals surface area (Å²) in [5.74, 6) is 1.77. The first kappa shape index (κ1) is 6.66. The molecule has 1 nitrogen and oxygen atoms in total. The highest BCUT2D eigenvalue weighted by Crippen LogP contribution is 2.56. The van der Waals surface area contributed by atoms with Crippen LogP contribution in [0, 0.1) is 17.3 Å². The third kappa shape index (κ3) is 0.619. The molecule has 2 rings (SSSR count). The summed E-state index contributed by atoms with van der Waals surface area (Å²) in [5.41, 5.74) is 6.56. The van der Waals surface area contributed by atoms with Crippen molar-refractivity contribution < 1.29 is 0 Å². The second-order valence-corrected chi connectivity index (χ2v) is 4.60. The number of hydrogen-bond donors (Lipinski definition) is 1. The van der Waals surface area contributed by atoms with Gasteiger partial charge in [-0.05, 0) is 36.5 Å². The first-order valence-electron chi connectivity index (χ1n) is 4.38. The van der Waals surface area contributed by atoms with Crippen molar-refractivity contribution >= 4 is 0 Å². The molecular weight excluding hydrogens is 122 g/mol. The van der Waals surface area contributed by atoms with Gasteiger partial charge in [-0.25, -0.2) is 0 Å². The molecule has 0 saturated heterocycles. The van der Waals surface area contributed by atoms with E-state index in [0.717, 1.165) is 11.8 Å². The molecule has 0 radical (unpaired) electrons. The van der Waals surface area contributed by atoms with Gasteiger partial charge in [0.1, 0.15) is 0 Å². The molecule has 2 fully saturated rings. The topological polar surface area (TPSA) is 26.0 Å². The van der Waals surface area contributed by atoms with E-state index < -0.39 is 0 Å². The maximum atomic E-state index is 6.00. The van der Waals surface area contributed by atoms with Crippen LogP contribution in [0.4, 0.5) is 0 Å². The van der Waals surface area contributed by atoms with Crippen LogP contribution in [0.1, 0.15) is 33.1 Å². The summed E-state index contributed by atoms with van der Waals surface area (Å²) in [6, 6.07) is 0.522. The fourth-order valence-corrected chi connectivity index (χ4v) is 3.11. The van der Waals surface area contributed by atoms with Gasteiger partial charge in [-0.2, -0.15) is 0 Å². The lowest BCUT2D eigenvalue weighted by Crippen LogP contribution is -2.29. The molecule has 2 aliphatic rings. The maximum Gasteiger partial charge on any atom is 0.00752 e. The van der Waals surface area contributed by atoms with E-state index in [1.807, 2.05) is 0 Å². The van der Waals surface area contributed by atoms with E-state index in [0.29, 0.717) is 11.5 Å². The van der Waals surface area contributed by atoms with Crippen LogP contribution in [-0.4, -0.2) is 6.04 Å². The lowest BCUT2D eigenvalue weighted by molar-refractivity contribution is 0.253. The SMILES string of the molecule is CC1(C)[C@@H]2CC[C@H]1[C@@H](N)C2. The van der Waals surface area contributed by atoms with Gasteiger partial charge < -0.3 is 5.73 Å². The fraction of sp³-hybridized carbons (Fsp3) is 1.00. The molecule has 0 aromatic carbocycles. The molecule has 0 amide bonds. The lowest BCUT2D eigenvalue weighted by Gasteiger charge is -2.24. The van der Waals surface area contributed by atoms with Gasteiger partial charge >= 0.3 is 0 Å². The van der Waals surface area contributed by atoms with Crippen molar-refractivity contribution in [3.05, 3.63) is 0 Å². The third-order valence-electron chi connectivity index (χ3n) is 3.91. The first-order valence-corrected chi connectivity index (χ1v) is 4.38. The Morgan fingerprint density at radius 3 is 2.20 bits per heavy atom. The average Bonchev–Trinajstić information content (AvgIpc) is 2.20. The van der Waals surface area contributed by atoms with Crippen LogP contribution in [0.2, 0.25) is 0 Å². The zero-order valence-corrected chi connectivity index (χ0v) is 6.93. The van der Waals surface area contributed by atoms with Crippen molar-refractivity contribution in [2.24, 2.45) is 23.0 Å². The highest BCUT2D eigenvalue weighted by atomic mass is 14.7. The fourth-order valence-electron chi connectivity index (χ4n) is 3.11. The molecule has 2 N–H and O–H groups in total. The molecule has 2 saturated carbocycles. The molecule has 1 heteroatoms. The highest BCUT2D eigenvalue weighted by molar-refractivity contribution is 5.03. The van der Waals surface area contributed by atoms with Crippen molar-refractivity contribution in [1.29, 1.82) is 0 Å². The third-order valence-corrected chi connectivity index (χ3v) is 3.91. The monoisotopic (exact) mass is 139 g/mol. The molecule has 0 aromatic rings. The summed E-state index contributed by atoms with van der Waals surface area (Å²) < 4.78 is 0. The zero-order chi connectivity index (χ0) is 7.35. The van der Waals surface area contributed by atoms with Crippen molar-refractivity contribution in [1.82, 2.24) is 0 Å². The van der Waals surface area contributed by atoms with Crippen LogP contribution < -0.4 is 5.73 Å². The van der Waals surface area contributed by atoms with Gasteiger partial charge in [0.15, 0.2) is 0 Å². The van der Waals surface area contributed by atoms with E-state index in [9.17, 15) is 0 Å². The number of hydrogen-bond acceptors (Lipinski definition) is 1. The van der Waals surface area contributed by atoms with E-state index in [-0.39, 0.29) is 0 Å². The molecule has 0 heterocycles. The van der Waals surface area contributed by atoms with Gasteiger partial charge in [0, 0.05) is 6.04 Å². The van der Waals surface area contributed by atoms with E-state index in [1.165, 1.54) is 19.3 Å². The quantitative estimate of drug-likeness (QED) is 0.544. The predicted molar refractivity (Wildman–Crippen MR) is 42.6 cm³/mol. The normalized spacial score (nSPS) is 50.1. The Balaban J connectivity index is 2.27. The first-order chi connectivity index (χ1) is 4.62. The average molecular weight is 139 g/mol. The molecule has 0 spiro atoms. The summed E-state index contributed by atoms with van der Waals surface area (Å²) in [7, 11) is 0. The van der Waals surface area contributed by atoms with Crippen LogP contribution in [-0.2, 0) is 0 Å². The summed E-state index contributed by atoms with van der Waals surface area (Å²) in [4.78, 5) is 0. The summed E-state index contributed by atoms with van der Waals surface area (Å²) in [6.07, 6.45) is 4.11. The Labute approximate surface area is 63.0 Å². The Hall–Kier alpha value is -0.0400. The highest BCUT2D eigenvalue weighted by Gasteiger charge is 2.51. The van der Waals surface area contributed by atoms with Gasteiger partial charge in [-0.3, -0.25) is 0 Å². The summed E-state index contributed by atoms with van der Waals surface area (Å²) in [5, 5.41) is 0. The molecule has 2 aliphatic carbocycles. The molecule has 0 aromatic heterocycles. The maximum absolute atomic E-state index is 6.00. The number of rotatable bonds is 0. The molecule has 2 bridgehead atoms. The van der Waals surface area contributed by atoms with E-state index in [2.05, 4.69) is 13.8 Å². The minimum atomic E-state index is 0.522. The van der Waals surface area contributed by atoms with Crippen molar-refractivity contribution in [2.75, 3.05) is 0 Å². The summed E-state index contributed by atoms with van der Waals surface area (Å²) >= 11 is 0. The largest absolute Gasteiger partial charge is 0.327 e. The van der Waals surface area contributed by atoms with E-state index in [4.69, 9.17) is 5.73 Å². The van der Waals surface area contributed by atoms with Crippen LogP contribution in [0.15, 0.2) is 0 Å². The second kappa shape index (κ2) is 1.76. The molecule has 3 atom stereocenters. The van der Waals surface area contributed by atoms with Crippen molar-refractivity contribution in [3.63, 3.8) is 0 Å². The molecule has 0 unspecified atom stereocenters. The van der Waals surface area contributed by atoms with Crippen LogP contribution in [0.25, 0.3) is 0 Å². The van der Waals surface area contributed by atoms with Gasteiger partial charge in [0.2, 0.25) is 0 Å². The molecule has 0 aliphatic heterocycles. The molecule has 58 valence electrons. The lowest BCUT2D eigenvalue weighted by atomic mass is 9.82. The predicted octanol–water partition coefficient (Wildman–Crippen LogP) is 1.77. The van der Waals surface area contributed by atoms with Crippen molar-refractivity contribution in [3.8, 4) is 0 Å². The van der Waals surface area contributed by atoms with Crippen LogP contribution in [0.3, 0.4) is 0 Å². The Kier molecular flexibility index (Phi) is 1.17. The van der Waals surface area contributed by atoms with Crippen molar-refractivity contribution in [2.45, 2.75) is 39.2 Å². The van der Waals surface area contributed by atoms with E-state index in [1.54, 1.807) is 0 Å². The zero-order valence-electron chi connectivity index (χ0n) is 6.93. The van der Waals surface area contributed by atoms with E-state index >= 15 is 0 Å². The smallest absolute Gasteiger partial charge is 0.00752 e.